The zero-order valence-corrected chi connectivity index (χ0v) is 20.2. The first-order chi connectivity index (χ1) is 15.6. The quantitative estimate of drug-likeness (QED) is 0.530. The summed E-state index contributed by atoms with van der Waals surface area (Å²) in [6.45, 7) is 10.4. The number of anilines is 1. The van der Waals surface area contributed by atoms with Gasteiger partial charge in [0.25, 0.3) is 0 Å². The van der Waals surface area contributed by atoms with Crippen molar-refractivity contribution in [2.75, 3.05) is 31.1 Å². The van der Waals surface area contributed by atoms with E-state index in [1.807, 2.05) is 17.9 Å². The maximum atomic E-state index is 12.9. The lowest BCUT2D eigenvalue weighted by Crippen LogP contribution is -2.59. The molecule has 3 aromatic rings. The Labute approximate surface area is 195 Å². The number of hydrogen-bond donors (Lipinski definition) is 0. The molecule has 10 heteroatoms. The van der Waals surface area contributed by atoms with Crippen LogP contribution < -0.4 is 4.90 Å². The molecule has 0 N–H and O–H groups in total. The van der Waals surface area contributed by atoms with Gasteiger partial charge in [-0.2, -0.15) is 18.3 Å². The van der Waals surface area contributed by atoms with E-state index in [9.17, 15) is 13.2 Å². The lowest BCUT2D eigenvalue weighted by Gasteiger charge is -2.52. The highest BCUT2D eigenvalue weighted by molar-refractivity contribution is 7.18. The van der Waals surface area contributed by atoms with Gasteiger partial charge in [-0.15, -0.1) is 11.3 Å². The Bertz CT molecular complexity index is 1160. The van der Waals surface area contributed by atoms with Crippen LogP contribution in [0.2, 0.25) is 0 Å². The second kappa shape index (κ2) is 7.94. The Hall–Kier alpha value is -2.20. The molecule has 0 aromatic carbocycles. The van der Waals surface area contributed by atoms with Crippen LogP contribution in [-0.2, 0) is 13.5 Å². The molecule has 5 heterocycles. The van der Waals surface area contributed by atoms with Gasteiger partial charge in [0.05, 0.1) is 18.0 Å². The molecule has 2 saturated heterocycles. The third-order valence-corrected chi connectivity index (χ3v) is 8.21. The average molecular weight is 479 g/mol. The zero-order chi connectivity index (χ0) is 23.5. The molecule has 2 aliphatic rings. The van der Waals surface area contributed by atoms with Crippen LogP contribution in [0.3, 0.4) is 0 Å². The summed E-state index contributed by atoms with van der Waals surface area (Å²) in [6, 6.07) is 1.96. The standard InChI is InChI=1S/C23H29F3N6S/c1-14(2)19(18-9-29-30(4)15(18)3)32-11-22(12-32)5-6-31(10-22)20-17-7-16(8-23(24,25)26)33-21(17)28-13-27-20/h7,9,13-14,19H,5-6,8,10-12H2,1-4H3/t19-/m1/s1. The first-order valence-corrected chi connectivity index (χ1v) is 12.1. The van der Waals surface area contributed by atoms with Crippen LogP contribution in [0.5, 0.6) is 0 Å². The molecular weight excluding hydrogens is 449 g/mol. The fourth-order valence-corrected chi connectivity index (χ4v) is 6.62. The van der Waals surface area contributed by atoms with Gasteiger partial charge < -0.3 is 4.90 Å². The molecule has 0 amide bonds. The number of aryl methyl sites for hydroxylation is 1. The number of hydrogen-bond acceptors (Lipinski definition) is 6. The van der Waals surface area contributed by atoms with Crippen molar-refractivity contribution in [1.82, 2.24) is 24.6 Å². The molecule has 5 rings (SSSR count). The lowest BCUT2D eigenvalue weighted by atomic mass is 9.76. The molecule has 33 heavy (non-hydrogen) atoms. The molecule has 2 aliphatic heterocycles. The largest absolute Gasteiger partial charge is 0.393 e. The molecule has 178 valence electrons. The maximum Gasteiger partial charge on any atom is 0.393 e. The number of fused-ring (bicyclic) bond motifs is 1. The second-order valence-corrected chi connectivity index (χ2v) is 11.1. The predicted octanol–water partition coefficient (Wildman–Crippen LogP) is 4.75. The van der Waals surface area contributed by atoms with Crippen molar-refractivity contribution >= 4 is 27.4 Å². The normalized spacial score (nSPS) is 19.7. The minimum atomic E-state index is -4.22. The van der Waals surface area contributed by atoms with Gasteiger partial charge in [0.1, 0.15) is 17.0 Å². The monoisotopic (exact) mass is 478 g/mol. The van der Waals surface area contributed by atoms with Crippen molar-refractivity contribution in [2.45, 2.75) is 45.8 Å². The SMILES string of the molecule is Cc1c([C@@H](C(C)C)N2CC3(CCN(c4ncnc5sc(CC(F)(F)F)cc45)C3)C2)cnn1C. The molecule has 0 saturated carbocycles. The Kier molecular flexibility index (Phi) is 5.43. The molecule has 0 radical (unpaired) electrons. The van der Waals surface area contributed by atoms with Crippen LogP contribution in [0.1, 0.15) is 42.4 Å². The van der Waals surface area contributed by atoms with Gasteiger partial charge in [0.15, 0.2) is 0 Å². The first kappa shape index (κ1) is 22.6. The molecule has 0 bridgehead atoms. The van der Waals surface area contributed by atoms with E-state index in [1.165, 1.54) is 17.6 Å². The van der Waals surface area contributed by atoms with Crippen molar-refractivity contribution in [3.05, 3.63) is 34.7 Å². The number of alkyl halides is 3. The average Bonchev–Trinajstić information content (AvgIpc) is 3.39. The van der Waals surface area contributed by atoms with E-state index in [-0.39, 0.29) is 10.3 Å². The molecule has 3 aromatic heterocycles. The molecule has 1 atom stereocenters. The lowest BCUT2D eigenvalue weighted by molar-refractivity contribution is -0.126. The molecular formula is C23H29F3N6S. The van der Waals surface area contributed by atoms with E-state index in [2.05, 4.69) is 45.6 Å². The number of aromatic nitrogens is 4. The number of rotatable bonds is 5. The highest BCUT2D eigenvalue weighted by Gasteiger charge is 2.50. The first-order valence-electron chi connectivity index (χ1n) is 11.3. The van der Waals surface area contributed by atoms with Gasteiger partial charge in [-0.1, -0.05) is 13.8 Å². The third-order valence-electron chi connectivity index (χ3n) is 7.17. The van der Waals surface area contributed by atoms with Gasteiger partial charge >= 0.3 is 6.18 Å². The summed E-state index contributed by atoms with van der Waals surface area (Å²) < 4.78 is 40.6. The topological polar surface area (TPSA) is 50.1 Å². The molecule has 0 aliphatic carbocycles. The van der Waals surface area contributed by atoms with Crippen LogP contribution in [0.4, 0.5) is 19.0 Å². The van der Waals surface area contributed by atoms with Crippen molar-refractivity contribution in [3.63, 3.8) is 0 Å². The Morgan fingerprint density at radius 3 is 2.58 bits per heavy atom. The molecule has 6 nitrogen and oxygen atoms in total. The summed E-state index contributed by atoms with van der Waals surface area (Å²) in [5, 5.41) is 5.19. The molecule has 2 fully saturated rings. The Morgan fingerprint density at radius 2 is 1.94 bits per heavy atom. The van der Waals surface area contributed by atoms with Crippen molar-refractivity contribution in [3.8, 4) is 0 Å². The van der Waals surface area contributed by atoms with Crippen LogP contribution in [0.25, 0.3) is 10.2 Å². The van der Waals surface area contributed by atoms with E-state index in [0.717, 1.165) is 55.1 Å². The summed E-state index contributed by atoms with van der Waals surface area (Å²) in [6.07, 6.45) is -0.606. The molecule has 0 unspecified atom stereocenters. The van der Waals surface area contributed by atoms with E-state index < -0.39 is 12.6 Å². The number of likely N-dealkylation sites (tertiary alicyclic amines) is 1. The fourth-order valence-electron chi connectivity index (χ4n) is 5.60. The smallest absolute Gasteiger partial charge is 0.355 e. The second-order valence-electron chi connectivity index (χ2n) is 10.00. The number of thiophene rings is 1. The minimum Gasteiger partial charge on any atom is -0.355 e. The van der Waals surface area contributed by atoms with Crippen LogP contribution >= 0.6 is 11.3 Å². The molecule has 1 spiro atoms. The van der Waals surface area contributed by atoms with Gasteiger partial charge in [-0.05, 0) is 25.3 Å². The number of halogens is 3. The summed E-state index contributed by atoms with van der Waals surface area (Å²) in [5.41, 5.74) is 2.70. The highest BCUT2D eigenvalue weighted by Crippen LogP contribution is 2.47. The third kappa shape index (κ3) is 4.12. The van der Waals surface area contributed by atoms with Gasteiger partial charge in [-0.25, -0.2) is 9.97 Å². The maximum absolute atomic E-state index is 12.9. The van der Waals surface area contributed by atoms with Crippen LogP contribution in [0, 0.1) is 18.3 Å². The van der Waals surface area contributed by atoms with Crippen molar-refractivity contribution in [1.29, 1.82) is 0 Å². The Balaban J connectivity index is 1.32. The van der Waals surface area contributed by atoms with E-state index in [1.54, 1.807) is 6.07 Å². The van der Waals surface area contributed by atoms with Gasteiger partial charge in [0, 0.05) is 60.8 Å². The van der Waals surface area contributed by atoms with Crippen LogP contribution in [-0.4, -0.2) is 57.0 Å². The van der Waals surface area contributed by atoms with Gasteiger partial charge in [0.2, 0.25) is 0 Å². The van der Waals surface area contributed by atoms with E-state index in [0.29, 0.717) is 16.8 Å². The summed E-state index contributed by atoms with van der Waals surface area (Å²) in [4.78, 5) is 14.4. The fraction of sp³-hybridized carbons (Fsp3) is 0.609. The summed E-state index contributed by atoms with van der Waals surface area (Å²) in [7, 11) is 1.98. The predicted molar refractivity (Wildman–Crippen MR) is 124 cm³/mol. The summed E-state index contributed by atoms with van der Waals surface area (Å²) >= 11 is 1.11. The Morgan fingerprint density at radius 1 is 1.18 bits per heavy atom. The highest BCUT2D eigenvalue weighted by atomic mass is 32.1. The summed E-state index contributed by atoms with van der Waals surface area (Å²) in [5.74, 6) is 1.24. The minimum absolute atomic E-state index is 0.200. The van der Waals surface area contributed by atoms with Crippen LogP contribution in [0.15, 0.2) is 18.6 Å². The number of nitrogens with zero attached hydrogens (tertiary/aromatic N) is 6. The zero-order valence-electron chi connectivity index (χ0n) is 19.4. The van der Waals surface area contributed by atoms with E-state index in [4.69, 9.17) is 0 Å². The van der Waals surface area contributed by atoms with E-state index >= 15 is 0 Å². The van der Waals surface area contributed by atoms with Crippen molar-refractivity contribution in [2.24, 2.45) is 18.4 Å². The van der Waals surface area contributed by atoms with Gasteiger partial charge in [-0.3, -0.25) is 9.58 Å². The van der Waals surface area contributed by atoms with Crippen molar-refractivity contribution < 1.29 is 13.2 Å².